The molecular weight excluding hydrogens is 200 g/mol. The molecule has 0 bridgehead atoms. The maximum absolute atomic E-state index is 7.55. The van der Waals surface area contributed by atoms with Crippen LogP contribution in [-0.4, -0.2) is 6.79 Å². The third kappa shape index (κ3) is 5.56. The van der Waals surface area contributed by atoms with E-state index in [4.69, 9.17) is 10.8 Å². The molecule has 0 aliphatic heterocycles. The second kappa shape index (κ2) is 7.94. The van der Waals surface area contributed by atoms with E-state index >= 15 is 0 Å². The summed E-state index contributed by atoms with van der Waals surface area (Å²) in [6, 6.07) is 9.90. The number of allylic oxidation sites excluding steroid dienone is 1. The highest BCUT2D eigenvalue weighted by atomic mass is 16.7. The number of hydrogen-bond acceptors (Lipinski definition) is 2. The number of hydrogen-bond donors (Lipinski definition) is 0. The molecule has 88 valence electrons. The first-order valence-electron chi connectivity index (χ1n) is 6.15. The average molecular weight is 221 g/mol. The lowest BCUT2D eigenvalue weighted by Crippen LogP contribution is -1.96. The van der Waals surface area contributed by atoms with Crippen LogP contribution in [0.2, 0.25) is 0 Å². The molecule has 0 aromatic heterocycles. The van der Waals surface area contributed by atoms with Gasteiger partial charge in [-0.2, -0.15) is 0 Å². The Balaban J connectivity index is 2.18. The van der Waals surface area contributed by atoms with Crippen LogP contribution in [-0.2, 0) is 16.1 Å². The Labute approximate surface area is 99.3 Å². The third-order valence-electron chi connectivity index (χ3n) is 2.33. The quantitative estimate of drug-likeness (QED) is 0.397. The van der Waals surface area contributed by atoms with Gasteiger partial charge in [0.25, 0.3) is 0 Å². The first-order chi connectivity index (χ1) is 8.22. The molecule has 1 rings (SSSR count). The zero-order valence-corrected chi connectivity index (χ0v) is 9.98. The van der Waals surface area contributed by atoms with Gasteiger partial charge >= 0.3 is 0 Å². The van der Waals surface area contributed by atoms with Crippen molar-refractivity contribution in [3.63, 3.8) is 0 Å². The summed E-state index contributed by atoms with van der Waals surface area (Å²) in [7, 11) is 0. The molecule has 2 heteroatoms. The number of rotatable bonds is 7. The van der Waals surface area contributed by atoms with E-state index in [0.717, 1.165) is 12.0 Å². The van der Waals surface area contributed by atoms with Gasteiger partial charge in [-0.15, -0.1) is 0 Å². The van der Waals surface area contributed by atoms with Crippen LogP contribution in [0.4, 0.5) is 0 Å². The predicted molar refractivity (Wildman–Crippen MR) is 65.8 cm³/mol. The minimum absolute atomic E-state index is 0.126. The molecule has 0 heterocycles. The van der Waals surface area contributed by atoms with Crippen LogP contribution < -0.4 is 0 Å². The predicted octanol–water partition coefficient (Wildman–Crippen LogP) is 3.74. The summed E-state index contributed by atoms with van der Waals surface area (Å²) in [5, 5.41) is 0. The maximum atomic E-state index is 7.55. The van der Waals surface area contributed by atoms with Crippen molar-refractivity contribution in [1.29, 1.82) is 0 Å². The first kappa shape index (κ1) is 11.2. The van der Waals surface area contributed by atoms with Gasteiger partial charge in [0.15, 0.2) is 6.79 Å². The molecule has 16 heavy (non-hydrogen) atoms. The van der Waals surface area contributed by atoms with Gasteiger partial charge in [0.05, 0.1) is 12.8 Å². The fourth-order valence-electron chi connectivity index (χ4n) is 1.09. The Morgan fingerprint density at radius 1 is 1.38 bits per heavy atom. The summed E-state index contributed by atoms with van der Waals surface area (Å²) in [6.07, 6.45) is 3.00. The fourth-order valence-corrected chi connectivity index (χ4v) is 1.09. The van der Waals surface area contributed by atoms with Gasteiger partial charge in [0, 0.05) is 0 Å². The van der Waals surface area contributed by atoms with Crippen LogP contribution in [0.25, 0.3) is 0 Å². The van der Waals surface area contributed by atoms with E-state index in [0.29, 0.717) is 12.5 Å². The van der Waals surface area contributed by atoms with Crippen molar-refractivity contribution >= 4 is 0 Å². The first-order valence-corrected chi connectivity index (χ1v) is 5.65. The van der Waals surface area contributed by atoms with Gasteiger partial charge in [-0.3, -0.25) is 0 Å². The van der Waals surface area contributed by atoms with Gasteiger partial charge in [-0.25, -0.2) is 0 Å². The molecule has 0 radical (unpaired) electrons. The average Bonchev–Trinajstić information content (AvgIpc) is 2.36. The molecule has 0 fully saturated rings. The minimum Gasteiger partial charge on any atom is -0.475 e. The summed E-state index contributed by atoms with van der Waals surface area (Å²) in [4.78, 5) is 0. The van der Waals surface area contributed by atoms with Crippen molar-refractivity contribution in [3.05, 3.63) is 48.2 Å². The molecule has 0 amide bonds. The second-order valence-electron chi connectivity index (χ2n) is 3.77. The summed E-state index contributed by atoms with van der Waals surface area (Å²) < 4.78 is 18.0. The van der Waals surface area contributed by atoms with Crippen molar-refractivity contribution < 1.29 is 10.8 Å². The SMILES string of the molecule is [2H]/C(=C/C(C)CC)OCOCc1ccccc1. The number of ether oxygens (including phenoxy) is 2. The minimum atomic E-state index is 0.126. The highest BCUT2D eigenvalue weighted by Crippen LogP contribution is 2.02. The second-order valence-corrected chi connectivity index (χ2v) is 3.77. The van der Waals surface area contributed by atoms with Crippen LogP contribution in [0.3, 0.4) is 0 Å². The third-order valence-corrected chi connectivity index (χ3v) is 2.33. The van der Waals surface area contributed by atoms with E-state index in [-0.39, 0.29) is 13.0 Å². The van der Waals surface area contributed by atoms with Crippen LogP contribution in [0.5, 0.6) is 0 Å². The normalized spacial score (nSPS) is 14.4. The Morgan fingerprint density at radius 2 is 2.12 bits per heavy atom. The maximum Gasteiger partial charge on any atom is 0.188 e. The van der Waals surface area contributed by atoms with Gasteiger partial charge in [-0.05, 0) is 24.0 Å². The van der Waals surface area contributed by atoms with Crippen molar-refractivity contribution in [1.82, 2.24) is 0 Å². The van der Waals surface area contributed by atoms with Crippen molar-refractivity contribution in [3.8, 4) is 0 Å². The molecule has 1 atom stereocenters. The lowest BCUT2D eigenvalue weighted by molar-refractivity contribution is -0.0210. The van der Waals surface area contributed by atoms with Crippen molar-refractivity contribution in [2.45, 2.75) is 26.9 Å². The zero-order valence-electron chi connectivity index (χ0n) is 11.0. The molecular formula is C14H20O2. The highest BCUT2D eigenvalue weighted by Gasteiger charge is 1.91. The van der Waals surface area contributed by atoms with E-state index < -0.39 is 0 Å². The van der Waals surface area contributed by atoms with Gasteiger partial charge < -0.3 is 9.47 Å². The molecule has 0 aliphatic carbocycles. The lowest BCUT2D eigenvalue weighted by Gasteiger charge is -2.04. The summed E-state index contributed by atoms with van der Waals surface area (Å²) in [5.41, 5.74) is 1.11. The van der Waals surface area contributed by atoms with Gasteiger partial charge in [-0.1, -0.05) is 44.2 Å². The Hall–Kier alpha value is -1.28. The van der Waals surface area contributed by atoms with Crippen LogP contribution in [0.1, 0.15) is 27.2 Å². The Bertz CT molecular complexity index is 335. The molecule has 0 aliphatic rings. The molecule has 1 aromatic rings. The zero-order chi connectivity index (χ0) is 12.5. The highest BCUT2D eigenvalue weighted by molar-refractivity contribution is 5.13. The van der Waals surface area contributed by atoms with Crippen LogP contribution in [0.15, 0.2) is 42.6 Å². The van der Waals surface area contributed by atoms with Gasteiger partial charge in [0.2, 0.25) is 0 Å². The summed E-state index contributed by atoms with van der Waals surface area (Å²) >= 11 is 0. The molecule has 1 unspecified atom stereocenters. The van der Waals surface area contributed by atoms with Crippen LogP contribution >= 0.6 is 0 Å². The lowest BCUT2D eigenvalue weighted by atomic mass is 10.1. The standard InChI is InChI=1S/C14H20O2/c1-3-13(2)9-10-15-12-16-11-14-7-5-4-6-8-14/h4-10,13H,3,11-12H2,1-2H3/b10-9-/i10D. The smallest absolute Gasteiger partial charge is 0.188 e. The van der Waals surface area contributed by atoms with Crippen molar-refractivity contribution in [2.75, 3.05) is 6.79 Å². The Morgan fingerprint density at radius 3 is 2.81 bits per heavy atom. The molecule has 0 saturated carbocycles. The van der Waals surface area contributed by atoms with E-state index in [1.807, 2.05) is 30.3 Å². The Kier molecular flexibility index (Phi) is 5.56. The molecule has 1 aromatic carbocycles. The fraction of sp³-hybridized carbons (Fsp3) is 0.429. The van der Waals surface area contributed by atoms with E-state index in [1.54, 1.807) is 6.08 Å². The summed E-state index contributed by atoms with van der Waals surface area (Å²) in [6.45, 7) is 4.78. The largest absolute Gasteiger partial charge is 0.475 e. The molecule has 0 spiro atoms. The van der Waals surface area contributed by atoms with E-state index in [2.05, 4.69) is 13.8 Å². The molecule has 0 N–H and O–H groups in total. The van der Waals surface area contributed by atoms with E-state index in [1.165, 1.54) is 0 Å². The topological polar surface area (TPSA) is 18.5 Å². The monoisotopic (exact) mass is 221 g/mol. The molecule has 2 nitrogen and oxygen atoms in total. The molecule has 0 saturated heterocycles. The summed E-state index contributed by atoms with van der Waals surface area (Å²) in [5.74, 6) is 0.372. The van der Waals surface area contributed by atoms with Gasteiger partial charge in [0.1, 0.15) is 1.37 Å². The number of benzene rings is 1. The van der Waals surface area contributed by atoms with E-state index in [9.17, 15) is 0 Å². The van der Waals surface area contributed by atoms with Crippen molar-refractivity contribution in [2.24, 2.45) is 5.92 Å². The van der Waals surface area contributed by atoms with Crippen LogP contribution in [0, 0.1) is 5.92 Å².